The Morgan fingerprint density at radius 1 is 1.47 bits per heavy atom. The van der Waals surface area contributed by atoms with Gasteiger partial charge in [-0.25, -0.2) is 0 Å². The van der Waals surface area contributed by atoms with Gasteiger partial charge >= 0.3 is 5.97 Å². The fourth-order valence-electron chi connectivity index (χ4n) is 2.11. The Bertz CT molecular complexity index is 470. The van der Waals surface area contributed by atoms with Crippen molar-refractivity contribution in [3.05, 3.63) is 29.3 Å². The van der Waals surface area contributed by atoms with Gasteiger partial charge in [0.15, 0.2) is 0 Å². The molecule has 1 heterocycles. The van der Waals surface area contributed by atoms with Crippen molar-refractivity contribution in [3.8, 4) is 0 Å². The summed E-state index contributed by atoms with van der Waals surface area (Å²) in [5, 5.41) is 3.18. The van der Waals surface area contributed by atoms with E-state index in [4.69, 9.17) is 17.0 Å². The van der Waals surface area contributed by atoms with Crippen LogP contribution in [-0.2, 0) is 16.0 Å². The molecule has 0 spiro atoms. The van der Waals surface area contributed by atoms with Crippen molar-refractivity contribution in [3.63, 3.8) is 0 Å². The van der Waals surface area contributed by atoms with Crippen LogP contribution in [0.1, 0.15) is 17.5 Å². The number of ether oxygens (including phenoxy) is 1. The number of nitrogens with one attached hydrogen (secondary N) is 1. The predicted octanol–water partition coefficient (Wildman–Crippen LogP) is 2.47. The van der Waals surface area contributed by atoms with E-state index in [9.17, 15) is 4.79 Å². The Balaban J connectivity index is 2.35. The van der Waals surface area contributed by atoms with E-state index in [1.54, 1.807) is 0 Å². The first kappa shape index (κ1) is 12.0. The summed E-state index contributed by atoms with van der Waals surface area (Å²) in [5.41, 5.74) is 3.31. The van der Waals surface area contributed by atoms with Gasteiger partial charge in [-0.15, -0.1) is 0 Å². The van der Waals surface area contributed by atoms with Gasteiger partial charge in [0.25, 0.3) is 0 Å². The van der Waals surface area contributed by atoms with Crippen molar-refractivity contribution in [2.45, 2.75) is 19.8 Å². The molecule has 3 nitrogen and oxygen atoms in total. The Kier molecular flexibility index (Phi) is 3.43. The standard InChI is InChI=1S/C13H15NO2S/c1-8-3-4-11-9(5-8)6-10(13(15)16-2)7-12(17)14-11/h3-5,10H,6-7H2,1-2H3,(H,14,17). The lowest BCUT2D eigenvalue weighted by Gasteiger charge is -2.11. The molecule has 0 radical (unpaired) electrons. The second-order valence-electron chi connectivity index (χ2n) is 4.34. The highest BCUT2D eigenvalue weighted by Crippen LogP contribution is 2.27. The van der Waals surface area contributed by atoms with Crippen LogP contribution in [0.25, 0.3) is 0 Å². The lowest BCUT2D eigenvalue weighted by atomic mass is 9.96. The maximum Gasteiger partial charge on any atom is 0.309 e. The molecule has 90 valence electrons. The fourth-order valence-corrected chi connectivity index (χ4v) is 2.42. The summed E-state index contributed by atoms with van der Waals surface area (Å²) in [7, 11) is 1.42. The molecule has 1 aromatic rings. The highest BCUT2D eigenvalue weighted by molar-refractivity contribution is 7.80. The molecule has 1 atom stereocenters. The van der Waals surface area contributed by atoms with Crippen LogP contribution in [-0.4, -0.2) is 18.1 Å². The van der Waals surface area contributed by atoms with E-state index in [2.05, 4.69) is 11.4 Å². The second kappa shape index (κ2) is 4.84. The Hall–Kier alpha value is -1.42. The van der Waals surface area contributed by atoms with E-state index in [1.165, 1.54) is 12.7 Å². The molecule has 17 heavy (non-hydrogen) atoms. The number of benzene rings is 1. The summed E-state index contributed by atoms with van der Waals surface area (Å²) < 4.78 is 4.81. The van der Waals surface area contributed by atoms with Gasteiger partial charge in [-0.1, -0.05) is 29.9 Å². The number of esters is 1. The van der Waals surface area contributed by atoms with E-state index in [-0.39, 0.29) is 11.9 Å². The first-order valence-corrected chi connectivity index (χ1v) is 5.98. The SMILES string of the molecule is COC(=O)C1CC(=S)Nc2ccc(C)cc2C1. The first-order valence-electron chi connectivity index (χ1n) is 5.57. The number of fused-ring (bicyclic) bond motifs is 1. The molecule has 0 aliphatic carbocycles. The number of anilines is 1. The van der Waals surface area contributed by atoms with Crippen LogP contribution >= 0.6 is 12.2 Å². The van der Waals surface area contributed by atoms with Gasteiger partial charge in [-0.3, -0.25) is 4.79 Å². The van der Waals surface area contributed by atoms with Crippen molar-refractivity contribution >= 4 is 28.9 Å². The van der Waals surface area contributed by atoms with Crippen molar-refractivity contribution in [1.82, 2.24) is 0 Å². The largest absolute Gasteiger partial charge is 0.469 e. The minimum absolute atomic E-state index is 0.178. The van der Waals surface area contributed by atoms with E-state index in [0.717, 1.165) is 11.3 Å². The number of methoxy groups -OCH3 is 1. The molecule has 1 N–H and O–H groups in total. The summed E-state index contributed by atoms with van der Waals surface area (Å²) in [6, 6.07) is 6.13. The van der Waals surface area contributed by atoms with E-state index < -0.39 is 0 Å². The number of thiocarbonyl (C=S) groups is 1. The molecule has 0 amide bonds. The van der Waals surface area contributed by atoms with Crippen molar-refractivity contribution in [1.29, 1.82) is 0 Å². The third-order valence-electron chi connectivity index (χ3n) is 2.97. The molecule has 0 bridgehead atoms. The van der Waals surface area contributed by atoms with Gasteiger partial charge < -0.3 is 10.1 Å². The first-order chi connectivity index (χ1) is 8.10. The van der Waals surface area contributed by atoms with Gasteiger partial charge in [0.2, 0.25) is 0 Å². The van der Waals surface area contributed by atoms with Gasteiger partial charge in [0.05, 0.1) is 18.0 Å². The van der Waals surface area contributed by atoms with Crippen LogP contribution in [0.4, 0.5) is 5.69 Å². The zero-order chi connectivity index (χ0) is 12.4. The molecule has 0 saturated heterocycles. The summed E-state index contributed by atoms with van der Waals surface area (Å²) in [6.45, 7) is 2.04. The van der Waals surface area contributed by atoms with Gasteiger partial charge in [-0.2, -0.15) is 0 Å². The lowest BCUT2D eigenvalue weighted by molar-refractivity contribution is -0.145. The molecular formula is C13H15NO2S. The van der Waals surface area contributed by atoms with Crippen molar-refractivity contribution < 1.29 is 9.53 Å². The fraction of sp³-hybridized carbons (Fsp3) is 0.385. The van der Waals surface area contributed by atoms with Crippen LogP contribution in [0.2, 0.25) is 0 Å². The predicted molar refractivity (Wildman–Crippen MR) is 71.2 cm³/mol. The van der Waals surface area contributed by atoms with Gasteiger partial charge in [-0.05, 0) is 25.0 Å². The number of aryl methyl sites for hydroxylation is 1. The van der Waals surface area contributed by atoms with E-state index in [0.29, 0.717) is 17.8 Å². The zero-order valence-electron chi connectivity index (χ0n) is 9.95. The molecule has 0 fully saturated rings. The maximum atomic E-state index is 11.7. The normalized spacial score (nSPS) is 18.9. The Morgan fingerprint density at radius 2 is 2.24 bits per heavy atom. The van der Waals surface area contributed by atoms with Crippen LogP contribution in [0, 0.1) is 12.8 Å². The quantitative estimate of drug-likeness (QED) is 0.613. The number of carbonyl (C=O) groups is 1. The molecular weight excluding hydrogens is 234 g/mol. The minimum Gasteiger partial charge on any atom is -0.469 e. The summed E-state index contributed by atoms with van der Waals surface area (Å²) >= 11 is 5.23. The van der Waals surface area contributed by atoms with Crippen LogP contribution in [0.3, 0.4) is 0 Å². The lowest BCUT2D eigenvalue weighted by Crippen LogP contribution is -2.21. The maximum absolute atomic E-state index is 11.7. The highest BCUT2D eigenvalue weighted by atomic mass is 32.1. The van der Waals surface area contributed by atoms with Crippen molar-refractivity contribution in [2.24, 2.45) is 5.92 Å². The van der Waals surface area contributed by atoms with Crippen LogP contribution < -0.4 is 5.32 Å². The molecule has 1 unspecified atom stereocenters. The molecule has 0 aromatic heterocycles. The summed E-state index contributed by atoms with van der Waals surface area (Å²) in [5.74, 6) is -0.369. The number of hydrogen-bond acceptors (Lipinski definition) is 3. The number of hydrogen-bond donors (Lipinski definition) is 1. The average Bonchev–Trinajstić information content (AvgIpc) is 2.46. The molecule has 1 aromatic carbocycles. The van der Waals surface area contributed by atoms with Gasteiger partial charge in [0.1, 0.15) is 0 Å². The van der Waals surface area contributed by atoms with E-state index in [1.807, 2.05) is 19.1 Å². The second-order valence-corrected chi connectivity index (χ2v) is 4.83. The minimum atomic E-state index is -0.191. The average molecular weight is 249 g/mol. The highest BCUT2D eigenvalue weighted by Gasteiger charge is 2.25. The number of rotatable bonds is 1. The number of carbonyl (C=O) groups excluding carboxylic acids is 1. The molecule has 1 aliphatic heterocycles. The third-order valence-corrected chi connectivity index (χ3v) is 3.24. The van der Waals surface area contributed by atoms with E-state index >= 15 is 0 Å². The topological polar surface area (TPSA) is 38.3 Å². The van der Waals surface area contributed by atoms with Crippen LogP contribution in [0.5, 0.6) is 0 Å². The Labute approximate surface area is 106 Å². The third kappa shape index (κ3) is 2.64. The Morgan fingerprint density at radius 3 is 2.94 bits per heavy atom. The summed E-state index contributed by atoms with van der Waals surface area (Å²) in [6.07, 6.45) is 1.23. The van der Waals surface area contributed by atoms with Gasteiger partial charge in [0, 0.05) is 12.1 Å². The monoisotopic (exact) mass is 249 g/mol. The zero-order valence-corrected chi connectivity index (χ0v) is 10.8. The van der Waals surface area contributed by atoms with Crippen LogP contribution in [0.15, 0.2) is 18.2 Å². The molecule has 2 rings (SSSR count). The molecule has 4 heteroatoms. The smallest absolute Gasteiger partial charge is 0.309 e. The molecule has 1 aliphatic rings. The van der Waals surface area contributed by atoms with Crippen molar-refractivity contribution in [2.75, 3.05) is 12.4 Å². The molecule has 0 saturated carbocycles. The summed E-state index contributed by atoms with van der Waals surface area (Å²) in [4.78, 5) is 12.3.